The topological polar surface area (TPSA) is 48.9 Å². The van der Waals surface area contributed by atoms with Crippen LogP contribution in [0, 0.1) is 0 Å². The van der Waals surface area contributed by atoms with Crippen LogP contribution < -0.4 is 10.6 Å². The van der Waals surface area contributed by atoms with Crippen LogP contribution in [0.5, 0.6) is 0 Å². The van der Waals surface area contributed by atoms with Crippen molar-refractivity contribution in [3.63, 3.8) is 0 Å². The van der Waals surface area contributed by atoms with Gasteiger partial charge in [-0.25, -0.2) is 0 Å². The highest BCUT2D eigenvalue weighted by molar-refractivity contribution is 9.10. The molecule has 1 aliphatic heterocycles. The number of benzene rings is 1. The van der Waals surface area contributed by atoms with Gasteiger partial charge < -0.3 is 15.4 Å². The summed E-state index contributed by atoms with van der Waals surface area (Å²) in [6.07, 6.45) is 2.28. The van der Waals surface area contributed by atoms with Crippen LogP contribution in [-0.2, 0) is 4.74 Å². The fourth-order valence-electron chi connectivity index (χ4n) is 3.24. The van der Waals surface area contributed by atoms with E-state index in [0.29, 0.717) is 12.0 Å². The molecule has 0 aromatic heterocycles. The van der Waals surface area contributed by atoms with Crippen molar-refractivity contribution in [1.29, 1.82) is 0 Å². The molecule has 1 saturated carbocycles. The maximum atomic E-state index is 5.39. The van der Waals surface area contributed by atoms with Crippen molar-refractivity contribution in [2.24, 2.45) is 4.99 Å². The van der Waals surface area contributed by atoms with Gasteiger partial charge in [0, 0.05) is 49.2 Å². The van der Waals surface area contributed by atoms with Crippen LogP contribution in [-0.4, -0.2) is 62.8 Å². The largest absolute Gasteiger partial charge is 0.379 e. The Hall–Kier alpha value is -1.11. The highest BCUT2D eigenvalue weighted by atomic mass is 79.9. The first-order valence-electron chi connectivity index (χ1n) is 9.36. The van der Waals surface area contributed by atoms with Gasteiger partial charge in [0.25, 0.3) is 0 Å². The molecule has 1 aromatic carbocycles. The lowest BCUT2D eigenvalue weighted by Crippen LogP contribution is -2.39. The fraction of sp³-hybridized carbons (Fsp3) is 0.632. The Bertz CT molecular complexity index is 557. The van der Waals surface area contributed by atoms with Gasteiger partial charge in [0.05, 0.1) is 13.2 Å². The van der Waals surface area contributed by atoms with Gasteiger partial charge in [-0.05, 0) is 37.5 Å². The second-order valence-electron chi connectivity index (χ2n) is 6.71. The molecule has 0 amide bonds. The number of hydrogen-bond acceptors (Lipinski definition) is 3. The van der Waals surface area contributed by atoms with Crippen LogP contribution in [0.25, 0.3) is 0 Å². The van der Waals surface area contributed by atoms with E-state index in [4.69, 9.17) is 9.73 Å². The average Bonchev–Trinajstić information content (AvgIpc) is 3.39. The molecule has 0 radical (unpaired) electrons. The van der Waals surface area contributed by atoms with Gasteiger partial charge in [-0.1, -0.05) is 28.1 Å². The number of aliphatic imine (C=N–C) groups is 1. The average molecular weight is 409 g/mol. The van der Waals surface area contributed by atoms with Gasteiger partial charge in [0.2, 0.25) is 0 Å². The molecule has 2 N–H and O–H groups in total. The lowest BCUT2D eigenvalue weighted by molar-refractivity contribution is 0.0377. The molecule has 3 rings (SSSR count). The molecule has 2 atom stereocenters. The molecule has 2 aliphatic rings. The van der Waals surface area contributed by atoms with Crippen molar-refractivity contribution in [2.45, 2.75) is 31.7 Å². The Kier molecular flexibility index (Phi) is 7.13. The van der Waals surface area contributed by atoms with Crippen molar-refractivity contribution in [2.75, 3.05) is 45.9 Å². The van der Waals surface area contributed by atoms with Crippen LogP contribution in [0.4, 0.5) is 0 Å². The number of nitrogens with one attached hydrogen (secondary N) is 2. The molecule has 1 heterocycles. The molecular weight excluding hydrogens is 380 g/mol. The zero-order valence-corrected chi connectivity index (χ0v) is 16.6. The summed E-state index contributed by atoms with van der Waals surface area (Å²) in [5, 5.41) is 6.96. The van der Waals surface area contributed by atoms with E-state index in [9.17, 15) is 0 Å². The molecule has 1 aromatic rings. The summed E-state index contributed by atoms with van der Waals surface area (Å²) in [6, 6.07) is 9.16. The summed E-state index contributed by atoms with van der Waals surface area (Å²) in [5.41, 5.74) is 1.41. The van der Waals surface area contributed by atoms with E-state index in [0.717, 1.165) is 62.8 Å². The molecule has 25 heavy (non-hydrogen) atoms. The van der Waals surface area contributed by atoms with E-state index < -0.39 is 0 Å². The van der Waals surface area contributed by atoms with Gasteiger partial charge in [0.15, 0.2) is 5.96 Å². The molecular formula is C19H29BrN4O. The second-order valence-corrected chi connectivity index (χ2v) is 7.63. The lowest BCUT2D eigenvalue weighted by Gasteiger charge is -2.26. The zero-order valence-electron chi connectivity index (χ0n) is 15.0. The Morgan fingerprint density at radius 1 is 1.28 bits per heavy atom. The third kappa shape index (κ3) is 5.97. The van der Waals surface area contributed by atoms with E-state index in [-0.39, 0.29) is 0 Å². The Labute approximate surface area is 159 Å². The van der Waals surface area contributed by atoms with Crippen molar-refractivity contribution in [1.82, 2.24) is 15.5 Å². The maximum absolute atomic E-state index is 5.39. The highest BCUT2D eigenvalue weighted by Crippen LogP contribution is 2.40. The van der Waals surface area contributed by atoms with Crippen LogP contribution in [0.2, 0.25) is 0 Å². The maximum Gasteiger partial charge on any atom is 0.191 e. The second kappa shape index (κ2) is 9.55. The van der Waals surface area contributed by atoms with Gasteiger partial charge in [-0.2, -0.15) is 0 Å². The minimum Gasteiger partial charge on any atom is -0.379 e. The predicted molar refractivity (Wildman–Crippen MR) is 106 cm³/mol. The molecule has 0 bridgehead atoms. The predicted octanol–water partition coefficient (Wildman–Crippen LogP) is 2.58. The number of rotatable bonds is 7. The van der Waals surface area contributed by atoms with Crippen LogP contribution >= 0.6 is 15.9 Å². The number of nitrogens with zero attached hydrogens (tertiary/aromatic N) is 2. The van der Waals surface area contributed by atoms with Gasteiger partial charge in [-0.15, -0.1) is 0 Å². The highest BCUT2D eigenvalue weighted by Gasteiger charge is 2.38. The number of morpholine rings is 1. The van der Waals surface area contributed by atoms with Gasteiger partial charge in [0.1, 0.15) is 0 Å². The van der Waals surface area contributed by atoms with Crippen LogP contribution in [0.1, 0.15) is 31.2 Å². The third-order valence-corrected chi connectivity index (χ3v) is 5.29. The lowest BCUT2D eigenvalue weighted by atomic mass is 10.1. The first-order chi connectivity index (χ1) is 12.3. The van der Waals surface area contributed by atoms with Crippen molar-refractivity contribution in [3.05, 3.63) is 34.3 Å². The number of guanidine groups is 1. The summed E-state index contributed by atoms with van der Waals surface area (Å²) in [7, 11) is 0. The molecule has 2 unspecified atom stereocenters. The number of hydrogen-bond donors (Lipinski definition) is 2. The fourth-order valence-corrected chi connectivity index (χ4v) is 3.50. The summed E-state index contributed by atoms with van der Waals surface area (Å²) >= 11 is 3.50. The third-order valence-electron chi connectivity index (χ3n) is 4.76. The molecule has 0 spiro atoms. The van der Waals surface area contributed by atoms with E-state index in [1.54, 1.807) is 0 Å². The normalized spacial score (nSPS) is 24.2. The smallest absolute Gasteiger partial charge is 0.191 e. The van der Waals surface area contributed by atoms with E-state index in [1.807, 2.05) is 0 Å². The van der Waals surface area contributed by atoms with E-state index >= 15 is 0 Å². The minimum atomic E-state index is 0.498. The van der Waals surface area contributed by atoms with Gasteiger partial charge >= 0.3 is 0 Å². The summed E-state index contributed by atoms with van der Waals surface area (Å²) < 4.78 is 6.52. The van der Waals surface area contributed by atoms with Crippen molar-refractivity contribution < 1.29 is 4.74 Å². The zero-order chi connectivity index (χ0) is 17.5. The van der Waals surface area contributed by atoms with Gasteiger partial charge in [-0.3, -0.25) is 9.89 Å². The molecule has 138 valence electrons. The molecule has 5 nitrogen and oxygen atoms in total. The first kappa shape index (κ1) is 18.7. The quantitative estimate of drug-likeness (QED) is 0.413. The first-order valence-corrected chi connectivity index (χ1v) is 10.2. The molecule has 1 saturated heterocycles. The number of ether oxygens (including phenoxy) is 1. The molecule has 6 heteroatoms. The van der Waals surface area contributed by atoms with Crippen molar-refractivity contribution in [3.8, 4) is 0 Å². The Morgan fingerprint density at radius 2 is 2.04 bits per heavy atom. The van der Waals surface area contributed by atoms with Crippen molar-refractivity contribution >= 4 is 21.9 Å². The van der Waals surface area contributed by atoms with Crippen LogP contribution in [0.15, 0.2) is 33.7 Å². The van der Waals surface area contributed by atoms with E-state index in [2.05, 4.69) is 62.7 Å². The van der Waals surface area contributed by atoms with E-state index in [1.165, 1.54) is 12.0 Å². The minimum absolute atomic E-state index is 0.498. The van der Waals surface area contributed by atoms with Crippen LogP contribution in [0.3, 0.4) is 0 Å². The number of halogens is 1. The molecule has 1 aliphatic carbocycles. The monoisotopic (exact) mass is 408 g/mol. The standard InChI is InChI=1S/C19H29BrN4O/c1-2-21-19(22-8-3-9-24-10-12-25-13-11-24)23-18-14-17(18)15-4-6-16(20)7-5-15/h4-7,17-18H,2-3,8-14H2,1H3,(H2,21,22,23). The SMILES string of the molecule is CCNC(=NCCCN1CCOCC1)NC1CC1c1ccc(Br)cc1. The Balaban J connectivity index is 1.42. The Morgan fingerprint density at radius 3 is 2.76 bits per heavy atom. The summed E-state index contributed by atoms with van der Waals surface area (Å²) in [4.78, 5) is 7.21. The summed E-state index contributed by atoms with van der Waals surface area (Å²) in [6.45, 7) is 8.83. The summed E-state index contributed by atoms with van der Waals surface area (Å²) in [5.74, 6) is 1.55. The molecule has 2 fully saturated rings.